The molecule has 1 aliphatic rings. The highest BCUT2D eigenvalue weighted by molar-refractivity contribution is 5.73. The van der Waals surface area contributed by atoms with Crippen LogP contribution in [0.15, 0.2) is 49.1 Å². The van der Waals surface area contributed by atoms with E-state index >= 15 is 0 Å². The number of piperidine rings is 1. The molecule has 0 aromatic carbocycles. The lowest BCUT2D eigenvalue weighted by molar-refractivity contribution is 0.0847. The second-order valence-corrected chi connectivity index (χ2v) is 9.62. The van der Waals surface area contributed by atoms with E-state index < -0.39 is 0 Å². The number of hydrogen-bond donors (Lipinski definition) is 3. The molecule has 0 bridgehead atoms. The van der Waals surface area contributed by atoms with Gasteiger partial charge in [-0.25, -0.2) is 4.79 Å². The van der Waals surface area contributed by atoms with Gasteiger partial charge in [-0.2, -0.15) is 0 Å². The Kier molecular flexibility index (Phi) is 11.8. The molecule has 3 rings (SSSR count). The molecule has 33 heavy (non-hydrogen) atoms. The van der Waals surface area contributed by atoms with Gasteiger partial charge in [-0.1, -0.05) is 12.8 Å². The Hall–Kier alpha value is -2.51. The van der Waals surface area contributed by atoms with Gasteiger partial charge in [-0.15, -0.1) is 0 Å². The van der Waals surface area contributed by atoms with Crippen LogP contribution in [0.4, 0.5) is 4.79 Å². The molecule has 1 aliphatic heterocycles. The molecule has 0 unspecified atom stereocenters. The van der Waals surface area contributed by atoms with Crippen molar-refractivity contribution in [1.29, 1.82) is 0 Å². The molecule has 0 spiro atoms. The number of nitrogens with one attached hydrogen (secondary N) is 2. The van der Waals surface area contributed by atoms with Crippen molar-refractivity contribution in [2.24, 2.45) is 11.7 Å². The van der Waals surface area contributed by atoms with Crippen molar-refractivity contribution >= 4 is 6.03 Å². The zero-order valence-corrected chi connectivity index (χ0v) is 20.6. The Balaban J connectivity index is 0.000000405. The van der Waals surface area contributed by atoms with Crippen LogP contribution in [0.3, 0.4) is 0 Å². The predicted molar refractivity (Wildman–Crippen MR) is 135 cm³/mol. The van der Waals surface area contributed by atoms with Crippen molar-refractivity contribution in [2.75, 3.05) is 19.6 Å². The first-order valence-electron chi connectivity index (χ1n) is 12.1. The van der Waals surface area contributed by atoms with Gasteiger partial charge in [0.25, 0.3) is 0 Å². The minimum atomic E-state index is -0.0877. The van der Waals surface area contributed by atoms with Crippen molar-refractivity contribution < 1.29 is 4.79 Å². The molecule has 2 amide bonds. The summed E-state index contributed by atoms with van der Waals surface area (Å²) in [6.07, 6.45) is 13.1. The number of pyridine rings is 2. The molecule has 0 radical (unpaired) electrons. The predicted octanol–water partition coefficient (Wildman–Crippen LogP) is 4.10. The second-order valence-electron chi connectivity index (χ2n) is 9.62. The molecular formula is C26H42N6O. The summed E-state index contributed by atoms with van der Waals surface area (Å²) in [7, 11) is 0. The molecule has 0 aliphatic carbocycles. The molecule has 3 heterocycles. The van der Waals surface area contributed by atoms with E-state index in [-0.39, 0.29) is 6.03 Å². The third-order valence-electron chi connectivity index (χ3n) is 6.08. The van der Waals surface area contributed by atoms with Gasteiger partial charge in [0.1, 0.15) is 0 Å². The highest BCUT2D eigenvalue weighted by atomic mass is 16.2. The summed E-state index contributed by atoms with van der Waals surface area (Å²) in [5, 5.41) is 5.82. The van der Waals surface area contributed by atoms with Gasteiger partial charge in [-0.3, -0.25) is 14.9 Å². The molecule has 1 fully saturated rings. The molecule has 0 saturated carbocycles. The van der Waals surface area contributed by atoms with Crippen LogP contribution in [0, 0.1) is 5.92 Å². The first-order valence-corrected chi connectivity index (χ1v) is 12.1. The average molecular weight is 455 g/mol. The van der Waals surface area contributed by atoms with E-state index in [0.29, 0.717) is 18.6 Å². The topological polar surface area (TPSA) is 96.2 Å². The van der Waals surface area contributed by atoms with E-state index in [4.69, 9.17) is 5.73 Å². The van der Waals surface area contributed by atoms with Gasteiger partial charge in [0, 0.05) is 50.0 Å². The maximum atomic E-state index is 11.8. The third kappa shape index (κ3) is 11.3. The summed E-state index contributed by atoms with van der Waals surface area (Å²) in [6.45, 7) is 11.3. The average Bonchev–Trinajstić information content (AvgIpc) is 2.84. The molecule has 2 aromatic heterocycles. The van der Waals surface area contributed by atoms with Crippen LogP contribution in [-0.4, -0.2) is 46.1 Å². The Morgan fingerprint density at radius 2 is 1.55 bits per heavy atom. The molecule has 182 valence electrons. The first-order chi connectivity index (χ1) is 15.9. The lowest BCUT2D eigenvalue weighted by atomic mass is 9.89. The van der Waals surface area contributed by atoms with Gasteiger partial charge in [0.05, 0.1) is 0 Å². The summed E-state index contributed by atoms with van der Waals surface area (Å²) < 4.78 is 0. The highest BCUT2D eigenvalue weighted by Gasteiger charge is 2.26. The van der Waals surface area contributed by atoms with Crippen LogP contribution >= 0.6 is 0 Å². The summed E-state index contributed by atoms with van der Waals surface area (Å²) in [4.78, 5) is 22.2. The van der Waals surface area contributed by atoms with Crippen molar-refractivity contribution in [3.8, 4) is 0 Å². The largest absolute Gasteiger partial charge is 0.338 e. The number of urea groups is 1. The molecule has 0 atom stereocenters. The monoisotopic (exact) mass is 454 g/mol. The maximum Gasteiger partial charge on any atom is 0.315 e. The van der Waals surface area contributed by atoms with Gasteiger partial charge in [0.2, 0.25) is 0 Å². The molecule has 1 saturated heterocycles. The van der Waals surface area contributed by atoms with E-state index in [2.05, 4.69) is 46.3 Å². The number of nitrogens with two attached hydrogens (primary N) is 1. The summed E-state index contributed by atoms with van der Waals surface area (Å²) in [5.74, 6) is 0.860. The van der Waals surface area contributed by atoms with Crippen LogP contribution in [0.2, 0.25) is 0 Å². The molecule has 7 nitrogen and oxygen atoms in total. The van der Waals surface area contributed by atoms with E-state index in [1.54, 1.807) is 24.8 Å². The van der Waals surface area contributed by atoms with Crippen molar-refractivity contribution in [3.05, 3.63) is 60.2 Å². The summed E-state index contributed by atoms with van der Waals surface area (Å²) >= 11 is 0. The van der Waals surface area contributed by atoms with E-state index in [9.17, 15) is 4.79 Å². The van der Waals surface area contributed by atoms with Crippen molar-refractivity contribution in [1.82, 2.24) is 25.5 Å². The summed E-state index contributed by atoms with van der Waals surface area (Å²) in [5.41, 5.74) is 7.81. The number of amides is 2. The molecule has 2 aromatic rings. The fourth-order valence-electron chi connectivity index (χ4n) is 3.92. The molecule has 4 N–H and O–H groups in total. The SMILES string of the molecule is CC(C)(C)N1CCC(CCCCNC(=O)NCc2ccncc2)CC1.NCc1ccncc1. The van der Waals surface area contributed by atoms with Gasteiger partial charge < -0.3 is 16.4 Å². The van der Waals surface area contributed by atoms with Crippen LogP contribution in [-0.2, 0) is 13.1 Å². The zero-order chi connectivity index (χ0) is 23.9. The van der Waals surface area contributed by atoms with Crippen LogP contribution < -0.4 is 16.4 Å². The summed E-state index contributed by atoms with van der Waals surface area (Å²) in [6, 6.07) is 7.53. The number of unbranched alkanes of at least 4 members (excludes halogenated alkanes) is 1. The van der Waals surface area contributed by atoms with E-state index in [0.717, 1.165) is 30.0 Å². The first kappa shape index (κ1) is 26.7. The number of likely N-dealkylation sites (tertiary alicyclic amines) is 1. The second kappa shape index (κ2) is 14.6. The van der Waals surface area contributed by atoms with Gasteiger partial charge in [-0.05, 0) is 94.4 Å². The third-order valence-corrected chi connectivity index (χ3v) is 6.08. The quantitative estimate of drug-likeness (QED) is 0.522. The minimum Gasteiger partial charge on any atom is -0.338 e. The standard InChI is InChI=1S/C20H34N4O.C6H8N2/c1-20(2,3)24-14-9-17(10-15-24)6-4-5-11-22-19(25)23-16-18-7-12-21-13-8-18;7-5-6-1-3-8-4-2-6/h7-8,12-13,17H,4-6,9-11,14-16H2,1-3H3,(H2,22,23,25);1-4H,5,7H2. The van der Waals surface area contributed by atoms with Crippen LogP contribution in [0.5, 0.6) is 0 Å². The Labute approximate surface area is 199 Å². The Morgan fingerprint density at radius 3 is 2.06 bits per heavy atom. The highest BCUT2D eigenvalue weighted by Crippen LogP contribution is 2.26. The fourth-order valence-corrected chi connectivity index (χ4v) is 3.92. The number of carbonyl (C=O) groups excluding carboxylic acids is 1. The van der Waals surface area contributed by atoms with E-state index in [1.807, 2.05) is 24.3 Å². The number of nitrogens with zero attached hydrogens (tertiary/aromatic N) is 3. The molecular weight excluding hydrogens is 412 g/mol. The van der Waals surface area contributed by atoms with Gasteiger partial charge >= 0.3 is 6.03 Å². The van der Waals surface area contributed by atoms with E-state index in [1.165, 1.54) is 38.8 Å². The minimum absolute atomic E-state index is 0.0877. The number of carbonyl (C=O) groups is 1. The smallest absolute Gasteiger partial charge is 0.315 e. The van der Waals surface area contributed by atoms with Crippen molar-refractivity contribution in [3.63, 3.8) is 0 Å². The fraction of sp³-hybridized carbons (Fsp3) is 0.577. The number of aromatic nitrogens is 2. The lowest BCUT2D eigenvalue weighted by Crippen LogP contribution is -2.46. The van der Waals surface area contributed by atoms with Gasteiger partial charge in [0.15, 0.2) is 0 Å². The lowest BCUT2D eigenvalue weighted by Gasteiger charge is -2.41. The zero-order valence-electron chi connectivity index (χ0n) is 20.6. The van der Waals surface area contributed by atoms with Crippen LogP contribution in [0.1, 0.15) is 64.0 Å². The Bertz CT molecular complexity index is 770. The van der Waals surface area contributed by atoms with Crippen molar-refractivity contribution in [2.45, 2.75) is 71.5 Å². The molecule has 7 heteroatoms. The Morgan fingerprint density at radius 1 is 0.970 bits per heavy atom. The number of rotatable bonds is 8. The van der Waals surface area contributed by atoms with Crippen LogP contribution in [0.25, 0.3) is 0 Å². The maximum absolute atomic E-state index is 11.8. The number of hydrogen-bond acceptors (Lipinski definition) is 5. The normalized spacial score (nSPS) is 14.8.